The molecule has 0 amide bonds. The van der Waals surface area contributed by atoms with Crippen molar-refractivity contribution in [2.24, 2.45) is 23.7 Å². The molecule has 0 aromatic heterocycles. The SMILES string of the molecule is CC.CC1CCC(C(=O)Oc2ccc(OC(=O)C3CCC(C)CC3)cc2)CC1. The number of carbonyl (C=O) groups excluding carboxylic acids is 2. The van der Waals surface area contributed by atoms with Crippen LogP contribution in [0.1, 0.15) is 79.1 Å². The van der Waals surface area contributed by atoms with E-state index >= 15 is 0 Å². The number of esters is 2. The third kappa shape index (κ3) is 6.65. The second kappa shape index (κ2) is 11.2. The van der Waals surface area contributed by atoms with Crippen molar-refractivity contribution in [3.05, 3.63) is 24.3 Å². The molecule has 2 aliphatic carbocycles. The molecule has 3 rings (SSSR count). The van der Waals surface area contributed by atoms with Crippen LogP contribution in [0.5, 0.6) is 11.5 Å². The zero-order valence-corrected chi connectivity index (χ0v) is 17.9. The van der Waals surface area contributed by atoms with E-state index in [1.807, 2.05) is 13.8 Å². The average Bonchev–Trinajstić information content (AvgIpc) is 2.72. The summed E-state index contributed by atoms with van der Waals surface area (Å²) in [5.74, 6) is 2.19. The maximum atomic E-state index is 12.3. The van der Waals surface area contributed by atoms with Crippen molar-refractivity contribution in [1.82, 2.24) is 0 Å². The highest BCUT2D eigenvalue weighted by Crippen LogP contribution is 2.31. The molecule has 28 heavy (non-hydrogen) atoms. The zero-order valence-electron chi connectivity index (χ0n) is 17.9. The molecule has 0 aliphatic heterocycles. The van der Waals surface area contributed by atoms with Crippen molar-refractivity contribution in [2.45, 2.75) is 79.1 Å². The van der Waals surface area contributed by atoms with Gasteiger partial charge in [0.1, 0.15) is 11.5 Å². The van der Waals surface area contributed by atoms with E-state index in [4.69, 9.17) is 9.47 Å². The quantitative estimate of drug-likeness (QED) is 0.457. The van der Waals surface area contributed by atoms with Crippen LogP contribution in [0.2, 0.25) is 0 Å². The van der Waals surface area contributed by atoms with Crippen LogP contribution in [0.15, 0.2) is 24.3 Å². The van der Waals surface area contributed by atoms with Gasteiger partial charge in [0.25, 0.3) is 0 Å². The van der Waals surface area contributed by atoms with Crippen LogP contribution in [-0.2, 0) is 9.59 Å². The number of hydrogen-bond donors (Lipinski definition) is 0. The molecule has 0 atom stereocenters. The molecule has 2 aliphatic rings. The van der Waals surface area contributed by atoms with Crippen molar-refractivity contribution >= 4 is 11.9 Å². The maximum Gasteiger partial charge on any atom is 0.314 e. The van der Waals surface area contributed by atoms with E-state index in [0.717, 1.165) is 51.4 Å². The average molecular weight is 389 g/mol. The predicted molar refractivity (Wildman–Crippen MR) is 111 cm³/mol. The molecule has 2 saturated carbocycles. The molecule has 2 fully saturated rings. The first-order chi connectivity index (χ1) is 13.5. The third-order valence-electron chi connectivity index (χ3n) is 5.96. The zero-order chi connectivity index (χ0) is 20.5. The Morgan fingerprint density at radius 2 is 0.929 bits per heavy atom. The minimum atomic E-state index is -0.141. The van der Waals surface area contributed by atoms with Gasteiger partial charge in [0, 0.05) is 0 Å². The molecule has 0 saturated heterocycles. The lowest BCUT2D eigenvalue weighted by molar-refractivity contribution is -0.141. The normalized spacial score (nSPS) is 27.1. The van der Waals surface area contributed by atoms with Crippen LogP contribution >= 0.6 is 0 Å². The molecule has 0 N–H and O–H groups in total. The Morgan fingerprint density at radius 3 is 1.21 bits per heavy atom. The van der Waals surface area contributed by atoms with E-state index in [2.05, 4.69) is 13.8 Å². The van der Waals surface area contributed by atoms with Gasteiger partial charge < -0.3 is 9.47 Å². The van der Waals surface area contributed by atoms with Crippen molar-refractivity contribution in [2.75, 3.05) is 0 Å². The molecular formula is C24H36O4. The maximum absolute atomic E-state index is 12.3. The third-order valence-corrected chi connectivity index (χ3v) is 5.96. The summed E-state index contributed by atoms with van der Waals surface area (Å²) in [6.07, 6.45) is 8.02. The van der Waals surface area contributed by atoms with Gasteiger partial charge >= 0.3 is 11.9 Å². The molecule has 0 heterocycles. The largest absolute Gasteiger partial charge is 0.426 e. The van der Waals surface area contributed by atoms with Gasteiger partial charge in [-0.05, 0) is 87.5 Å². The van der Waals surface area contributed by atoms with E-state index < -0.39 is 0 Å². The van der Waals surface area contributed by atoms with Gasteiger partial charge in [-0.15, -0.1) is 0 Å². The Kier molecular flexibility index (Phi) is 9.01. The smallest absolute Gasteiger partial charge is 0.314 e. The lowest BCUT2D eigenvalue weighted by Gasteiger charge is -2.24. The summed E-state index contributed by atoms with van der Waals surface area (Å²) in [5, 5.41) is 0. The van der Waals surface area contributed by atoms with Crippen LogP contribution in [0.4, 0.5) is 0 Å². The fourth-order valence-electron chi connectivity index (χ4n) is 3.97. The molecule has 0 unspecified atom stereocenters. The minimum Gasteiger partial charge on any atom is -0.426 e. The summed E-state index contributed by atoms with van der Waals surface area (Å²) < 4.78 is 11.0. The lowest BCUT2D eigenvalue weighted by atomic mass is 9.83. The first-order valence-corrected chi connectivity index (χ1v) is 11.0. The summed E-state index contributed by atoms with van der Waals surface area (Å²) >= 11 is 0. The van der Waals surface area contributed by atoms with Crippen LogP contribution in [-0.4, -0.2) is 11.9 Å². The first-order valence-electron chi connectivity index (χ1n) is 11.0. The van der Waals surface area contributed by atoms with Crippen molar-refractivity contribution < 1.29 is 19.1 Å². The van der Waals surface area contributed by atoms with Gasteiger partial charge in [-0.1, -0.05) is 27.7 Å². The van der Waals surface area contributed by atoms with Crippen molar-refractivity contribution in [1.29, 1.82) is 0 Å². The molecular weight excluding hydrogens is 352 g/mol. The van der Waals surface area contributed by atoms with E-state index in [1.54, 1.807) is 24.3 Å². The molecule has 0 radical (unpaired) electrons. The van der Waals surface area contributed by atoms with E-state index in [9.17, 15) is 9.59 Å². The molecule has 1 aromatic carbocycles. The van der Waals surface area contributed by atoms with Crippen LogP contribution in [0.3, 0.4) is 0 Å². The van der Waals surface area contributed by atoms with Gasteiger partial charge in [-0.2, -0.15) is 0 Å². The van der Waals surface area contributed by atoms with Gasteiger partial charge in [-0.3, -0.25) is 9.59 Å². The molecule has 4 nitrogen and oxygen atoms in total. The number of rotatable bonds is 4. The molecule has 4 heteroatoms. The fourth-order valence-corrected chi connectivity index (χ4v) is 3.97. The highest BCUT2D eigenvalue weighted by atomic mass is 16.5. The monoisotopic (exact) mass is 388 g/mol. The number of benzene rings is 1. The lowest BCUT2D eigenvalue weighted by Crippen LogP contribution is -2.25. The standard InChI is InChI=1S/C22H30O4.C2H6/c1-15-3-7-17(8-4-15)21(23)25-19-11-13-20(14-12-19)26-22(24)18-9-5-16(2)6-10-18;1-2/h11-18H,3-10H2,1-2H3;1-2H3. The van der Waals surface area contributed by atoms with Gasteiger partial charge in [-0.25, -0.2) is 0 Å². The summed E-state index contributed by atoms with van der Waals surface area (Å²) in [5.41, 5.74) is 0. The second-order valence-electron chi connectivity index (χ2n) is 8.23. The Balaban J connectivity index is 0.00000136. The Bertz CT molecular complexity index is 551. The fraction of sp³-hybridized carbons (Fsp3) is 0.667. The minimum absolute atomic E-state index is 0.0115. The topological polar surface area (TPSA) is 52.6 Å². The van der Waals surface area contributed by atoms with Crippen LogP contribution in [0.25, 0.3) is 0 Å². The Hall–Kier alpha value is -1.84. The number of carbonyl (C=O) groups is 2. The number of ether oxygens (including phenoxy) is 2. The highest BCUT2D eigenvalue weighted by molar-refractivity contribution is 5.76. The van der Waals surface area contributed by atoms with E-state index in [-0.39, 0.29) is 23.8 Å². The molecule has 156 valence electrons. The molecule has 0 spiro atoms. The van der Waals surface area contributed by atoms with Crippen LogP contribution < -0.4 is 9.47 Å². The highest BCUT2D eigenvalue weighted by Gasteiger charge is 2.27. The summed E-state index contributed by atoms with van der Waals surface area (Å²) in [4.78, 5) is 24.5. The van der Waals surface area contributed by atoms with Gasteiger partial charge in [0.05, 0.1) is 11.8 Å². The summed E-state index contributed by atoms with van der Waals surface area (Å²) in [6.45, 7) is 8.46. The predicted octanol–water partition coefficient (Wildman–Crippen LogP) is 6.18. The second-order valence-corrected chi connectivity index (χ2v) is 8.23. The first kappa shape index (κ1) is 22.4. The van der Waals surface area contributed by atoms with Gasteiger partial charge in [0.2, 0.25) is 0 Å². The number of hydrogen-bond acceptors (Lipinski definition) is 4. The van der Waals surface area contributed by atoms with E-state index in [0.29, 0.717) is 23.3 Å². The summed E-state index contributed by atoms with van der Waals surface area (Å²) in [6, 6.07) is 6.81. The van der Waals surface area contributed by atoms with Crippen molar-refractivity contribution in [3.63, 3.8) is 0 Å². The van der Waals surface area contributed by atoms with Gasteiger partial charge in [0.15, 0.2) is 0 Å². The molecule has 0 bridgehead atoms. The Morgan fingerprint density at radius 1 is 0.643 bits per heavy atom. The Labute approximate surface area is 170 Å². The summed E-state index contributed by atoms with van der Waals surface area (Å²) in [7, 11) is 0. The van der Waals surface area contributed by atoms with Crippen molar-refractivity contribution in [3.8, 4) is 11.5 Å². The van der Waals surface area contributed by atoms with Crippen LogP contribution in [0, 0.1) is 23.7 Å². The van der Waals surface area contributed by atoms with E-state index in [1.165, 1.54) is 0 Å². The molecule has 1 aromatic rings.